The molecular weight excluding hydrogens is 316 g/mol. The van der Waals surface area contributed by atoms with Crippen LogP contribution in [0.3, 0.4) is 0 Å². The van der Waals surface area contributed by atoms with Gasteiger partial charge >= 0.3 is 0 Å². The predicted octanol–water partition coefficient (Wildman–Crippen LogP) is 5.70. The van der Waals surface area contributed by atoms with Crippen LogP contribution in [-0.4, -0.2) is 11.6 Å². The van der Waals surface area contributed by atoms with Crippen molar-refractivity contribution in [3.05, 3.63) is 46.3 Å². The molecule has 0 N–H and O–H groups in total. The second kappa shape index (κ2) is 6.64. The molecule has 2 aliphatic carbocycles. The van der Waals surface area contributed by atoms with E-state index in [1.165, 1.54) is 25.7 Å². The Morgan fingerprint density at radius 2 is 1.96 bits per heavy atom. The quantitative estimate of drug-likeness (QED) is 0.656. The summed E-state index contributed by atoms with van der Waals surface area (Å²) in [7, 11) is 0. The van der Waals surface area contributed by atoms with Gasteiger partial charge in [-0.2, -0.15) is 0 Å². The third-order valence-electron chi connectivity index (χ3n) is 5.49. The molecule has 2 aliphatic rings. The number of carbonyl (C=O) groups is 2. The molecule has 0 saturated heterocycles. The van der Waals surface area contributed by atoms with Gasteiger partial charge < -0.3 is 0 Å². The van der Waals surface area contributed by atoms with Gasteiger partial charge in [-0.1, -0.05) is 37.8 Å². The number of rotatable bonds is 5. The van der Waals surface area contributed by atoms with Crippen molar-refractivity contribution in [3.8, 4) is 10.4 Å². The normalized spacial score (nSPS) is 17.4. The molecule has 0 unspecified atom stereocenters. The molecule has 0 spiro atoms. The third kappa shape index (κ3) is 3.10. The Bertz CT molecular complexity index is 781. The highest BCUT2D eigenvalue weighted by Crippen LogP contribution is 2.33. The van der Waals surface area contributed by atoms with E-state index in [4.69, 9.17) is 0 Å². The minimum Gasteiger partial charge on any atom is -0.294 e. The molecule has 1 aromatic carbocycles. The van der Waals surface area contributed by atoms with E-state index in [1.54, 1.807) is 11.3 Å². The van der Waals surface area contributed by atoms with Gasteiger partial charge in [-0.05, 0) is 42.0 Å². The van der Waals surface area contributed by atoms with Crippen molar-refractivity contribution in [3.63, 3.8) is 0 Å². The lowest BCUT2D eigenvalue weighted by Gasteiger charge is -2.06. The van der Waals surface area contributed by atoms with E-state index in [0.29, 0.717) is 12.8 Å². The van der Waals surface area contributed by atoms with Crippen molar-refractivity contribution in [1.82, 2.24) is 0 Å². The molecule has 4 rings (SSSR count). The van der Waals surface area contributed by atoms with Gasteiger partial charge in [-0.15, -0.1) is 11.3 Å². The number of benzene rings is 1. The Balaban J connectivity index is 1.46. The first kappa shape index (κ1) is 15.8. The van der Waals surface area contributed by atoms with Gasteiger partial charge in [-0.3, -0.25) is 9.59 Å². The summed E-state index contributed by atoms with van der Waals surface area (Å²) in [5.41, 5.74) is 4.01. The number of ketones is 2. The second-order valence-corrected chi connectivity index (χ2v) is 8.02. The zero-order valence-electron chi connectivity index (χ0n) is 13.8. The van der Waals surface area contributed by atoms with Crippen LogP contribution in [0.25, 0.3) is 10.4 Å². The first-order valence-corrected chi connectivity index (χ1v) is 9.87. The molecule has 0 bridgehead atoms. The molecule has 0 amide bonds. The van der Waals surface area contributed by atoms with Crippen molar-refractivity contribution in [2.45, 2.75) is 51.4 Å². The molecule has 2 aromatic rings. The van der Waals surface area contributed by atoms with Crippen LogP contribution in [0.4, 0.5) is 0 Å². The van der Waals surface area contributed by atoms with E-state index in [1.807, 2.05) is 23.6 Å². The van der Waals surface area contributed by atoms with Crippen LogP contribution >= 0.6 is 11.3 Å². The highest BCUT2D eigenvalue weighted by molar-refractivity contribution is 7.13. The number of fused-ring (bicyclic) bond motifs is 1. The van der Waals surface area contributed by atoms with Crippen molar-refractivity contribution in [2.24, 2.45) is 5.92 Å². The summed E-state index contributed by atoms with van der Waals surface area (Å²) in [6.45, 7) is 0. The smallest absolute Gasteiger partial charge is 0.163 e. The highest BCUT2D eigenvalue weighted by atomic mass is 32.1. The van der Waals surface area contributed by atoms with Gasteiger partial charge in [-0.25, -0.2) is 0 Å². The zero-order valence-corrected chi connectivity index (χ0v) is 14.7. The first-order valence-electron chi connectivity index (χ1n) is 8.99. The predicted molar refractivity (Wildman–Crippen MR) is 97.9 cm³/mol. The fourth-order valence-electron chi connectivity index (χ4n) is 4.02. The average Bonchev–Trinajstić information content (AvgIpc) is 3.34. The number of hydrogen-bond acceptors (Lipinski definition) is 3. The Hall–Kier alpha value is -1.74. The van der Waals surface area contributed by atoms with Crippen LogP contribution in [0.1, 0.15) is 71.2 Å². The van der Waals surface area contributed by atoms with Gasteiger partial charge in [0.25, 0.3) is 0 Å². The molecule has 124 valence electrons. The van der Waals surface area contributed by atoms with E-state index < -0.39 is 0 Å². The zero-order chi connectivity index (χ0) is 16.5. The summed E-state index contributed by atoms with van der Waals surface area (Å²) in [5, 5.41) is 1.99. The van der Waals surface area contributed by atoms with Crippen LogP contribution in [0, 0.1) is 5.92 Å². The lowest BCUT2D eigenvalue weighted by molar-refractivity contribution is 0.0971. The lowest BCUT2D eigenvalue weighted by Crippen LogP contribution is -2.01. The first-order chi connectivity index (χ1) is 11.7. The maximum atomic E-state index is 12.4. The van der Waals surface area contributed by atoms with Gasteiger partial charge in [0.15, 0.2) is 11.6 Å². The van der Waals surface area contributed by atoms with E-state index >= 15 is 0 Å². The maximum Gasteiger partial charge on any atom is 0.163 e. The fraction of sp³-hybridized carbons (Fsp3) is 0.429. The SMILES string of the molecule is O=C(CCC1CCCC1)c1csc(-c2ccc3c(c2)CCC3=O)c1. The summed E-state index contributed by atoms with van der Waals surface area (Å²) in [6.07, 6.45) is 8.48. The summed E-state index contributed by atoms with van der Waals surface area (Å²) < 4.78 is 0. The molecular formula is C21H22O2S. The second-order valence-electron chi connectivity index (χ2n) is 7.11. The Morgan fingerprint density at radius 3 is 2.79 bits per heavy atom. The van der Waals surface area contributed by atoms with Crippen LogP contribution < -0.4 is 0 Å². The molecule has 2 nitrogen and oxygen atoms in total. The summed E-state index contributed by atoms with van der Waals surface area (Å²) in [4.78, 5) is 25.3. The van der Waals surface area contributed by atoms with E-state index in [0.717, 1.165) is 45.9 Å². The molecule has 24 heavy (non-hydrogen) atoms. The van der Waals surface area contributed by atoms with Crippen LogP contribution in [0.2, 0.25) is 0 Å². The van der Waals surface area contributed by atoms with Crippen molar-refractivity contribution < 1.29 is 9.59 Å². The highest BCUT2D eigenvalue weighted by Gasteiger charge is 2.20. The molecule has 0 radical (unpaired) electrons. The Morgan fingerprint density at radius 1 is 1.12 bits per heavy atom. The number of carbonyl (C=O) groups excluding carboxylic acids is 2. The molecule has 0 aliphatic heterocycles. The van der Waals surface area contributed by atoms with E-state index in [2.05, 4.69) is 6.07 Å². The molecule has 3 heteroatoms. The van der Waals surface area contributed by atoms with Gasteiger partial charge in [0.05, 0.1) is 0 Å². The summed E-state index contributed by atoms with van der Waals surface area (Å²) >= 11 is 1.63. The Kier molecular flexibility index (Phi) is 4.36. The average molecular weight is 338 g/mol. The maximum absolute atomic E-state index is 12.4. The topological polar surface area (TPSA) is 34.1 Å². The van der Waals surface area contributed by atoms with Gasteiger partial charge in [0.1, 0.15) is 0 Å². The monoisotopic (exact) mass is 338 g/mol. The van der Waals surface area contributed by atoms with Crippen molar-refractivity contribution in [2.75, 3.05) is 0 Å². The van der Waals surface area contributed by atoms with Crippen LogP contribution in [0.15, 0.2) is 29.6 Å². The molecule has 1 heterocycles. The third-order valence-corrected chi connectivity index (χ3v) is 6.47. The number of aryl methyl sites for hydroxylation is 1. The molecule has 0 atom stereocenters. The Labute approximate surface area is 146 Å². The number of hydrogen-bond donors (Lipinski definition) is 0. The van der Waals surface area contributed by atoms with E-state index in [9.17, 15) is 9.59 Å². The van der Waals surface area contributed by atoms with Crippen molar-refractivity contribution >= 4 is 22.9 Å². The van der Waals surface area contributed by atoms with Crippen LogP contribution in [-0.2, 0) is 6.42 Å². The number of Topliss-reactive ketones (excluding diaryl/α,β-unsaturated/α-hetero) is 2. The van der Waals surface area contributed by atoms with Crippen molar-refractivity contribution in [1.29, 1.82) is 0 Å². The van der Waals surface area contributed by atoms with Crippen LogP contribution in [0.5, 0.6) is 0 Å². The standard InChI is InChI=1S/C21H22O2S/c22-19(9-5-14-3-1-2-4-14)17-12-21(24-13-17)16-6-8-18-15(11-16)7-10-20(18)23/h6,8,11-14H,1-5,7,9-10H2. The minimum atomic E-state index is 0.255. The van der Waals surface area contributed by atoms with E-state index in [-0.39, 0.29) is 11.6 Å². The largest absolute Gasteiger partial charge is 0.294 e. The molecule has 1 fully saturated rings. The lowest BCUT2D eigenvalue weighted by atomic mass is 9.98. The minimum absolute atomic E-state index is 0.255. The molecule has 1 aromatic heterocycles. The van der Waals surface area contributed by atoms with Gasteiger partial charge in [0.2, 0.25) is 0 Å². The fourth-order valence-corrected chi connectivity index (χ4v) is 4.93. The molecule has 1 saturated carbocycles. The number of thiophene rings is 1. The summed E-state index contributed by atoms with van der Waals surface area (Å²) in [5.74, 6) is 1.30. The summed E-state index contributed by atoms with van der Waals surface area (Å²) in [6, 6.07) is 8.11. The van der Waals surface area contributed by atoms with Gasteiger partial charge in [0, 0.05) is 34.2 Å².